The van der Waals surface area contributed by atoms with Crippen LogP contribution in [0, 0.1) is 0 Å². The maximum atomic E-state index is 12.5. The van der Waals surface area contributed by atoms with E-state index in [4.69, 9.17) is 23.2 Å². The van der Waals surface area contributed by atoms with Crippen LogP contribution in [-0.2, 0) is 6.42 Å². The Morgan fingerprint density at radius 1 is 0.880 bits per heavy atom. The molecule has 25 heavy (non-hydrogen) atoms. The van der Waals surface area contributed by atoms with E-state index in [1.165, 1.54) is 44.1 Å². The molecule has 0 bridgehead atoms. The number of carbonyl (C=O) groups is 1. The Morgan fingerprint density at radius 3 is 2.12 bits per heavy atom. The summed E-state index contributed by atoms with van der Waals surface area (Å²) in [5, 5.41) is 1.86. The van der Waals surface area contributed by atoms with Gasteiger partial charge in [-0.15, -0.1) is 0 Å². The van der Waals surface area contributed by atoms with E-state index >= 15 is 0 Å². The van der Waals surface area contributed by atoms with Crippen molar-refractivity contribution in [1.29, 1.82) is 0 Å². The van der Waals surface area contributed by atoms with Crippen LogP contribution >= 0.6 is 31.8 Å². The Bertz CT molecular complexity index is 663. The van der Waals surface area contributed by atoms with Crippen molar-refractivity contribution in [2.45, 2.75) is 51.9 Å². The SMILES string of the molecule is CCCCCCCCc1ccc(PC(=O)c2c(Cl)cccc2Cl)cc1. The first kappa shape index (κ1) is 20.4. The minimum absolute atomic E-state index is 0.0146. The Labute approximate surface area is 162 Å². The van der Waals surface area contributed by atoms with Crippen LogP contribution in [0.4, 0.5) is 0 Å². The molecule has 1 atom stereocenters. The standard InChI is InChI=1S/C21H25Cl2OP/c1-2-3-4-5-6-7-9-16-12-14-17(15-13-16)25-21(24)20-18(22)10-8-11-19(20)23/h8,10-15,25H,2-7,9H2,1H3. The van der Waals surface area contributed by atoms with Gasteiger partial charge in [0.25, 0.3) is 0 Å². The molecule has 0 fully saturated rings. The summed E-state index contributed by atoms with van der Waals surface area (Å²) in [7, 11) is 0.0391. The Balaban J connectivity index is 1.85. The second-order valence-corrected chi connectivity index (χ2v) is 8.36. The van der Waals surface area contributed by atoms with E-state index in [2.05, 4.69) is 19.1 Å². The maximum Gasteiger partial charge on any atom is 0.188 e. The second kappa shape index (κ2) is 11.0. The Morgan fingerprint density at radius 2 is 1.48 bits per heavy atom. The van der Waals surface area contributed by atoms with Crippen molar-refractivity contribution in [3.8, 4) is 0 Å². The predicted molar refractivity (Wildman–Crippen MR) is 112 cm³/mol. The van der Waals surface area contributed by atoms with Gasteiger partial charge in [-0.1, -0.05) is 92.6 Å². The summed E-state index contributed by atoms with van der Waals surface area (Å²) >= 11 is 12.2. The lowest BCUT2D eigenvalue weighted by atomic mass is 10.1. The third-order valence-corrected chi connectivity index (χ3v) is 5.95. The van der Waals surface area contributed by atoms with Crippen LogP contribution in [0.3, 0.4) is 0 Å². The van der Waals surface area contributed by atoms with Crippen LogP contribution in [0.5, 0.6) is 0 Å². The van der Waals surface area contributed by atoms with Crippen molar-refractivity contribution in [3.05, 3.63) is 63.6 Å². The van der Waals surface area contributed by atoms with Crippen LogP contribution in [0.1, 0.15) is 61.4 Å². The largest absolute Gasteiger partial charge is 0.289 e. The number of hydrogen-bond donors (Lipinski definition) is 0. The van der Waals surface area contributed by atoms with Gasteiger partial charge in [0.1, 0.15) is 0 Å². The molecule has 0 aliphatic carbocycles. The summed E-state index contributed by atoms with van der Waals surface area (Å²) in [6, 6.07) is 13.5. The summed E-state index contributed by atoms with van der Waals surface area (Å²) in [5.41, 5.74) is 1.76. The highest BCUT2D eigenvalue weighted by Gasteiger charge is 2.14. The van der Waals surface area contributed by atoms with E-state index < -0.39 is 0 Å². The molecule has 0 heterocycles. The summed E-state index contributed by atoms with van der Waals surface area (Å²) in [5.74, 6) is 0. The summed E-state index contributed by atoms with van der Waals surface area (Å²) in [6.07, 6.45) is 8.97. The van der Waals surface area contributed by atoms with Crippen molar-refractivity contribution in [1.82, 2.24) is 0 Å². The van der Waals surface area contributed by atoms with E-state index in [-0.39, 0.29) is 14.1 Å². The number of aryl methyl sites for hydroxylation is 1. The minimum Gasteiger partial charge on any atom is -0.289 e. The number of unbranched alkanes of at least 4 members (excludes halogenated alkanes) is 5. The van der Waals surface area contributed by atoms with Crippen molar-refractivity contribution in [2.75, 3.05) is 0 Å². The highest BCUT2D eigenvalue weighted by Crippen LogP contribution is 2.30. The molecule has 0 aliphatic rings. The molecule has 0 saturated heterocycles. The molecular weight excluding hydrogens is 370 g/mol. The van der Waals surface area contributed by atoms with Gasteiger partial charge in [0, 0.05) is 0 Å². The Kier molecular flexibility index (Phi) is 8.96. The van der Waals surface area contributed by atoms with Crippen molar-refractivity contribution in [3.63, 3.8) is 0 Å². The predicted octanol–water partition coefficient (Wildman–Crippen LogP) is 7.04. The van der Waals surface area contributed by atoms with E-state index in [1.54, 1.807) is 18.2 Å². The lowest BCUT2D eigenvalue weighted by molar-refractivity contribution is 0.108. The van der Waals surface area contributed by atoms with Crippen molar-refractivity contribution in [2.24, 2.45) is 0 Å². The molecule has 4 heteroatoms. The fraction of sp³-hybridized carbons (Fsp3) is 0.381. The molecule has 0 aromatic heterocycles. The quantitative estimate of drug-likeness (QED) is 0.311. The molecule has 1 unspecified atom stereocenters. The zero-order valence-electron chi connectivity index (χ0n) is 14.7. The fourth-order valence-corrected chi connectivity index (χ4v) is 4.49. The molecule has 1 nitrogen and oxygen atoms in total. The van der Waals surface area contributed by atoms with Crippen LogP contribution in [0.25, 0.3) is 0 Å². The highest BCUT2D eigenvalue weighted by molar-refractivity contribution is 7.66. The minimum atomic E-state index is -0.0146. The lowest BCUT2D eigenvalue weighted by Gasteiger charge is -2.07. The van der Waals surface area contributed by atoms with Crippen molar-refractivity contribution < 1.29 is 4.79 Å². The van der Waals surface area contributed by atoms with Crippen LogP contribution < -0.4 is 5.30 Å². The van der Waals surface area contributed by atoms with Gasteiger partial charge in [0.15, 0.2) is 5.52 Å². The summed E-state index contributed by atoms with van der Waals surface area (Å²) < 4.78 is 0. The van der Waals surface area contributed by atoms with Gasteiger partial charge in [-0.25, -0.2) is 0 Å². The third-order valence-electron chi connectivity index (χ3n) is 4.22. The van der Waals surface area contributed by atoms with Gasteiger partial charge in [-0.05, 0) is 44.4 Å². The first-order valence-corrected chi connectivity index (χ1v) is 10.7. The molecule has 0 radical (unpaired) electrons. The van der Waals surface area contributed by atoms with Gasteiger partial charge < -0.3 is 0 Å². The first-order chi connectivity index (χ1) is 12.1. The van der Waals surface area contributed by atoms with Crippen LogP contribution in [-0.4, -0.2) is 5.52 Å². The average Bonchev–Trinajstić information content (AvgIpc) is 2.59. The normalized spacial score (nSPS) is 11.3. The van der Waals surface area contributed by atoms with Gasteiger partial charge in [-0.2, -0.15) is 0 Å². The highest BCUT2D eigenvalue weighted by atomic mass is 35.5. The number of benzene rings is 2. The van der Waals surface area contributed by atoms with Crippen molar-refractivity contribution >= 4 is 42.6 Å². The zero-order valence-corrected chi connectivity index (χ0v) is 17.2. The third kappa shape index (κ3) is 6.74. The molecule has 0 saturated carbocycles. The molecular formula is C21H25Cl2OP. The first-order valence-electron chi connectivity index (χ1n) is 8.96. The molecule has 2 aromatic carbocycles. The van der Waals surface area contributed by atoms with Gasteiger partial charge in [0.2, 0.25) is 0 Å². The van der Waals surface area contributed by atoms with Gasteiger partial charge in [0.05, 0.1) is 15.6 Å². The topological polar surface area (TPSA) is 17.1 Å². The molecule has 2 aromatic rings. The molecule has 0 aliphatic heterocycles. The van der Waals surface area contributed by atoms with Crippen LogP contribution in [0.15, 0.2) is 42.5 Å². The second-order valence-electron chi connectivity index (χ2n) is 6.27. The van der Waals surface area contributed by atoms with E-state index in [1.807, 2.05) is 12.1 Å². The zero-order chi connectivity index (χ0) is 18.1. The Hall–Kier alpha value is -0.880. The van der Waals surface area contributed by atoms with Gasteiger partial charge in [-0.3, -0.25) is 4.79 Å². The fourth-order valence-electron chi connectivity index (χ4n) is 2.77. The summed E-state index contributed by atoms with van der Waals surface area (Å²) in [4.78, 5) is 12.5. The smallest absolute Gasteiger partial charge is 0.188 e. The van der Waals surface area contributed by atoms with Gasteiger partial charge >= 0.3 is 0 Å². The van der Waals surface area contributed by atoms with Crippen LogP contribution in [0.2, 0.25) is 10.0 Å². The molecule has 0 spiro atoms. The molecule has 2 rings (SSSR count). The lowest BCUT2D eigenvalue weighted by Crippen LogP contribution is -2.02. The molecule has 134 valence electrons. The molecule has 0 N–H and O–H groups in total. The molecule has 0 amide bonds. The van der Waals surface area contributed by atoms with E-state index in [0.29, 0.717) is 15.6 Å². The number of carbonyl (C=O) groups excluding carboxylic acids is 1. The maximum absolute atomic E-state index is 12.5. The monoisotopic (exact) mass is 394 g/mol. The number of halogens is 2. The van der Waals surface area contributed by atoms with E-state index in [9.17, 15) is 4.79 Å². The average molecular weight is 395 g/mol. The van der Waals surface area contributed by atoms with E-state index in [0.717, 1.165) is 11.7 Å². The number of rotatable bonds is 10. The number of hydrogen-bond acceptors (Lipinski definition) is 1. The summed E-state index contributed by atoms with van der Waals surface area (Å²) in [6.45, 7) is 2.24.